The molecule has 6 aromatic rings. The van der Waals surface area contributed by atoms with E-state index in [1.165, 1.54) is 48.5 Å². The van der Waals surface area contributed by atoms with E-state index < -0.39 is 54.9 Å². The summed E-state index contributed by atoms with van der Waals surface area (Å²) in [4.78, 5) is 0. The second kappa shape index (κ2) is 18.3. The van der Waals surface area contributed by atoms with Crippen LogP contribution < -0.4 is 38.2 Å². The van der Waals surface area contributed by atoms with E-state index in [1.54, 1.807) is 55.4 Å². The average molecular weight is 842 g/mol. The standard InChI is InChI=1S/C39H31B3F2O13S2/c1-40-55-41(30-12-16-32(17-13-30)49-38(28-8-4-2-5-9-28)51-34-20-24-36(25-21-34)53-58(43,45)46)57-42(56-40)31-14-18-33(19-15-31)50-39(29-10-6-3-7-11-29)52-35-22-26-37(27-23-35)54-59(44,47)48/h2-27,38-39H,1H3. The van der Waals surface area contributed by atoms with Gasteiger partial charge in [-0.1, -0.05) is 92.7 Å². The molecule has 0 saturated carbocycles. The monoisotopic (exact) mass is 842 g/mol. The Morgan fingerprint density at radius 2 is 0.712 bits per heavy atom. The molecular formula is C39H31B3F2O13S2. The lowest BCUT2D eigenvalue weighted by Crippen LogP contribution is -2.57. The predicted molar refractivity (Wildman–Crippen MR) is 214 cm³/mol. The van der Waals surface area contributed by atoms with Crippen LogP contribution in [0.4, 0.5) is 7.77 Å². The molecule has 20 heteroatoms. The van der Waals surface area contributed by atoms with Crippen LogP contribution in [-0.4, -0.2) is 38.2 Å². The molecule has 13 nitrogen and oxygen atoms in total. The van der Waals surface area contributed by atoms with Gasteiger partial charge in [-0.25, -0.2) is 0 Å². The summed E-state index contributed by atoms with van der Waals surface area (Å²) in [7, 11) is -12.6. The Labute approximate surface area is 340 Å². The topological polar surface area (TPSA) is 151 Å². The molecule has 0 spiro atoms. The number of hydrogen-bond acceptors (Lipinski definition) is 13. The van der Waals surface area contributed by atoms with Crippen molar-refractivity contribution in [2.24, 2.45) is 0 Å². The fourth-order valence-corrected chi connectivity index (χ4v) is 6.37. The molecule has 6 aromatic carbocycles. The van der Waals surface area contributed by atoms with Gasteiger partial charge in [0, 0.05) is 11.1 Å². The van der Waals surface area contributed by atoms with Crippen LogP contribution in [0.15, 0.2) is 158 Å². The van der Waals surface area contributed by atoms with Gasteiger partial charge in [0.2, 0.25) is 0 Å². The van der Waals surface area contributed by atoms with Gasteiger partial charge in [-0.05, 0) is 90.5 Å². The number of hydrogen-bond donors (Lipinski definition) is 0. The molecule has 1 fully saturated rings. The molecule has 1 aliphatic heterocycles. The molecular weight excluding hydrogens is 811 g/mol. The molecule has 0 aliphatic carbocycles. The summed E-state index contributed by atoms with van der Waals surface area (Å²) in [5.74, 6) is 1.09. The molecule has 0 amide bonds. The summed E-state index contributed by atoms with van der Waals surface area (Å²) in [6.07, 6.45) is -1.84. The zero-order valence-electron chi connectivity index (χ0n) is 30.8. The van der Waals surface area contributed by atoms with Crippen LogP contribution in [0.5, 0.6) is 34.5 Å². The van der Waals surface area contributed by atoms with Crippen molar-refractivity contribution in [3.8, 4) is 34.5 Å². The maximum absolute atomic E-state index is 12.9. The highest BCUT2D eigenvalue weighted by Gasteiger charge is 2.40. The first-order valence-electron chi connectivity index (χ1n) is 17.7. The number of benzene rings is 6. The Balaban J connectivity index is 1.00. The molecule has 2 unspecified atom stereocenters. The molecule has 7 rings (SSSR count). The van der Waals surface area contributed by atoms with Crippen LogP contribution in [0.25, 0.3) is 0 Å². The maximum atomic E-state index is 12.9. The summed E-state index contributed by atoms with van der Waals surface area (Å²) in [5, 5.41) is 0. The first-order chi connectivity index (χ1) is 28.3. The molecule has 1 saturated heterocycles. The maximum Gasteiger partial charge on any atom is 0.488 e. The summed E-state index contributed by atoms with van der Waals surface area (Å²) in [6, 6.07) is 43.0. The molecule has 0 radical (unpaired) electrons. The van der Waals surface area contributed by atoms with Crippen molar-refractivity contribution < 1.29 is 65.6 Å². The Morgan fingerprint density at radius 3 is 1.02 bits per heavy atom. The number of ether oxygens (including phenoxy) is 4. The van der Waals surface area contributed by atoms with Crippen LogP contribution in [0.2, 0.25) is 6.82 Å². The molecule has 2 atom stereocenters. The van der Waals surface area contributed by atoms with Crippen LogP contribution in [0, 0.1) is 0 Å². The highest BCUT2D eigenvalue weighted by molar-refractivity contribution is 7.82. The van der Waals surface area contributed by atoms with E-state index in [0.29, 0.717) is 45.1 Å². The summed E-state index contributed by atoms with van der Waals surface area (Å²) >= 11 is 0. The lowest BCUT2D eigenvalue weighted by Gasteiger charge is -2.30. The van der Waals surface area contributed by atoms with Gasteiger partial charge in [0.1, 0.15) is 34.5 Å². The third-order valence-electron chi connectivity index (χ3n) is 8.34. The van der Waals surface area contributed by atoms with E-state index in [2.05, 4.69) is 8.37 Å². The molecule has 0 bridgehead atoms. The zero-order chi connectivity index (χ0) is 41.4. The van der Waals surface area contributed by atoms with Crippen molar-refractivity contribution in [2.75, 3.05) is 0 Å². The van der Waals surface area contributed by atoms with E-state index >= 15 is 0 Å². The summed E-state index contributed by atoms with van der Waals surface area (Å²) < 4.78 is 121. The summed E-state index contributed by atoms with van der Waals surface area (Å²) in [5.41, 5.74) is 2.74. The van der Waals surface area contributed by atoms with Crippen molar-refractivity contribution in [1.82, 2.24) is 0 Å². The summed E-state index contributed by atoms with van der Waals surface area (Å²) in [6.45, 7) is 1.76. The second-order valence-electron chi connectivity index (χ2n) is 12.6. The van der Waals surface area contributed by atoms with Gasteiger partial charge in [-0.15, -0.1) is 0 Å². The molecule has 1 heterocycles. The highest BCUT2D eigenvalue weighted by atomic mass is 32.3. The lowest BCUT2D eigenvalue weighted by atomic mass is 9.64. The molecule has 300 valence electrons. The fourth-order valence-electron chi connectivity index (χ4n) is 5.69. The third-order valence-corrected chi connectivity index (χ3v) is 9.12. The van der Waals surface area contributed by atoms with Gasteiger partial charge in [0.15, 0.2) is 0 Å². The van der Waals surface area contributed by atoms with Crippen LogP contribution in [-0.2, 0) is 34.7 Å². The Kier molecular flexibility index (Phi) is 12.7. The van der Waals surface area contributed by atoms with Crippen LogP contribution >= 0.6 is 0 Å². The quantitative estimate of drug-likeness (QED) is 0.0597. The van der Waals surface area contributed by atoms with Gasteiger partial charge in [-0.2, -0.15) is 16.8 Å². The first kappa shape index (κ1) is 41.1. The van der Waals surface area contributed by atoms with Gasteiger partial charge in [0.25, 0.3) is 12.6 Å². The van der Waals surface area contributed by atoms with Crippen LogP contribution in [0.1, 0.15) is 23.7 Å². The van der Waals surface area contributed by atoms with Crippen molar-refractivity contribution in [2.45, 2.75) is 19.4 Å². The van der Waals surface area contributed by atoms with E-state index in [-0.39, 0.29) is 11.5 Å². The van der Waals surface area contributed by atoms with Crippen molar-refractivity contribution >= 4 is 53.3 Å². The fraction of sp³-hybridized carbons (Fsp3) is 0.0769. The first-order valence-corrected chi connectivity index (χ1v) is 20.3. The van der Waals surface area contributed by atoms with Gasteiger partial charge >= 0.3 is 42.4 Å². The highest BCUT2D eigenvalue weighted by Crippen LogP contribution is 2.30. The lowest BCUT2D eigenvalue weighted by molar-refractivity contribution is 0.00353. The van der Waals surface area contributed by atoms with E-state index in [1.807, 2.05) is 60.7 Å². The Morgan fingerprint density at radius 1 is 0.424 bits per heavy atom. The van der Waals surface area contributed by atoms with E-state index in [4.69, 9.17) is 32.7 Å². The van der Waals surface area contributed by atoms with E-state index in [9.17, 15) is 24.6 Å². The van der Waals surface area contributed by atoms with Gasteiger partial charge in [0.05, 0.1) is 0 Å². The largest absolute Gasteiger partial charge is 0.488 e. The molecule has 1 aliphatic rings. The van der Waals surface area contributed by atoms with E-state index in [0.717, 1.165) is 0 Å². The normalized spacial score (nSPS) is 14.2. The molecule has 0 N–H and O–H groups in total. The SMILES string of the molecule is CB1OB(c2ccc(OC(Oc3ccc(OS(=O)(=O)F)cc3)c3ccccc3)cc2)OB(c2ccc(OC(Oc3ccc(OS(=O)(=O)F)cc3)c3ccccc3)cc2)O1. The van der Waals surface area contributed by atoms with Crippen molar-refractivity contribution in [1.29, 1.82) is 0 Å². The Hall–Kier alpha value is -6.05. The van der Waals surface area contributed by atoms with Gasteiger partial charge < -0.3 is 41.0 Å². The molecule has 59 heavy (non-hydrogen) atoms. The Bertz CT molecular complexity index is 2340. The molecule has 0 aromatic heterocycles. The van der Waals surface area contributed by atoms with Gasteiger partial charge in [-0.3, -0.25) is 0 Å². The minimum Gasteiger partial charge on any atom is -0.451 e. The smallest absolute Gasteiger partial charge is 0.451 e. The number of rotatable bonds is 16. The zero-order valence-corrected chi connectivity index (χ0v) is 32.4. The van der Waals surface area contributed by atoms with Crippen LogP contribution in [0.3, 0.4) is 0 Å². The minimum atomic E-state index is -5.17. The van der Waals surface area contributed by atoms with Crippen molar-refractivity contribution in [3.05, 3.63) is 169 Å². The third kappa shape index (κ3) is 12.0. The minimum absolute atomic E-state index is 0.218. The average Bonchev–Trinajstić information content (AvgIpc) is 3.21. The number of halogens is 2. The predicted octanol–water partition coefficient (Wildman–Crippen LogP) is 6.46. The second-order valence-corrected chi connectivity index (χ2v) is 14.5. The van der Waals surface area contributed by atoms with Crippen molar-refractivity contribution in [3.63, 3.8) is 0 Å².